The molecule has 1 heterocycles. The summed E-state index contributed by atoms with van der Waals surface area (Å²) in [6.07, 6.45) is 3.64. The molecule has 0 radical (unpaired) electrons. The molecule has 0 bridgehead atoms. The predicted octanol–water partition coefficient (Wildman–Crippen LogP) is 2.89. The lowest BCUT2D eigenvalue weighted by atomic mass is 9.96. The second kappa shape index (κ2) is 3.58. The first-order valence-electron chi connectivity index (χ1n) is 6.13. The fourth-order valence-electron chi connectivity index (χ4n) is 2.97. The minimum absolute atomic E-state index is 1.16. The van der Waals surface area contributed by atoms with Crippen LogP contribution < -0.4 is 0 Å². The molecule has 1 aromatic carbocycles. The van der Waals surface area contributed by atoms with Gasteiger partial charge in [-0.25, -0.2) is 4.58 Å². The van der Waals surface area contributed by atoms with Gasteiger partial charge in [-0.3, -0.25) is 0 Å². The van der Waals surface area contributed by atoms with Crippen molar-refractivity contribution in [2.75, 3.05) is 13.6 Å². The zero-order chi connectivity index (χ0) is 11.1. The van der Waals surface area contributed by atoms with E-state index in [4.69, 9.17) is 0 Å². The maximum absolute atomic E-state index is 2.45. The van der Waals surface area contributed by atoms with Crippen molar-refractivity contribution in [3.63, 3.8) is 0 Å². The summed E-state index contributed by atoms with van der Waals surface area (Å²) in [4.78, 5) is 0. The molecule has 1 nitrogen and oxygen atoms in total. The van der Waals surface area contributed by atoms with E-state index in [0.717, 1.165) is 6.54 Å². The zero-order valence-corrected chi connectivity index (χ0v) is 10.1. The Kier molecular flexibility index (Phi) is 2.20. The maximum atomic E-state index is 2.45. The van der Waals surface area contributed by atoms with Crippen LogP contribution in [0.2, 0.25) is 0 Å². The maximum Gasteiger partial charge on any atom is 0.183 e. The van der Waals surface area contributed by atoms with E-state index in [0.29, 0.717) is 0 Å². The Balaban J connectivity index is 2.27. The van der Waals surface area contributed by atoms with Gasteiger partial charge in [-0.2, -0.15) is 0 Å². The third kappa shape index (κ3) is 1.35. The van der Waals surface area contributed by atoms with Gasteiger partial charge in [0.05, 0.1) is 0 Å². The highest BCUT2D eigenvalue weighted by Gasteiger charge is 2.30. The molecular formula is C15H18N+. The molecule has 0 saturated carbocycles. The van der Waals surface area contributed by atoms with E-state index in [1.165, 1.54) is 36.0 Å². The fraction of sp³-hybridized carbons (Fsp3) is 0.400. The molecule has 2 aliphatic rings. The molecule has 0 fully saturated rings. The van der Waals surface area contributed by atoms with E-state index < -0.39 is 0 Å². The summed E-state index contributed by atoms with van der Waals surface area (Å²) in [5.74, 6) is 0. The summed E-state index contributed by atoms with van der Waals surface area (Å²) in [7, 11) is 2.24. The van der Waals surface area contributed by atoms with Crippen molar-refractivity contribution in [2.45, 2.75) is 26.2 Å². The molecule has 16 heavy (non-hydrogen) atoms. The number of likely N-dealkylation sites (N-methyl/N-ethyl adjacent to an activating group) is 1. The number of benzene rings is 1. The van der Waals surface area contributed by atoms with E-state index in [2.05, 4.69) is 42.8 Å². The van der Waals surface area contributed by atoms with E-state index in [9.17, 15) is 0 Å². The average molecular weight is 212 g/mol. The predicted molar refractivity (Wildman–Crippen MR) is 68.0 cm³/mol. The molecule has 1 aromatic rings. The number of allylic oxidation sites excluding steroid dienone is 2. The minimum Gasteiger partial charge on any atom is -0.235 e. The van der Waals surface area contributed by atoms with Gasteiger partial charge in [0, 0.05) is 18.4 Å². The lowest BCUT2D eigenvalue weighted by molar-refractivity contribution is -0.496. The molecule has 0 saturated heterocycles. The number of fused-ring (bicyclic) bond motifs is 3. The van der Waals surface area contributed by atoms with Gasteiger partial charge >= 0.3 is 0 Å². The molecule has 0 aromatic heterocycles. The highest BCUT2D eigenvalue weighted by atomic mass is 15.0. The topological polar surface area (TPSA) is 3.01 Å². The van der Waals surface area contributed by atoms with E-state index in [1.54, 1.807) is 11.3 Å². The van der Waals surface area contributed by atoms with Crippen LogP contribution in [0.15, 0.2) is 29.8 Å². The Morgan fingerprint density at radius 3 is 2.75 bits per heavy atom. The Labute approximate surface area is 97.1 Å². The number of hydrogen-bond acceptors (Lipinski definition) is 0. The third-order valence-electron chi connectivity index (χ3n) is 3.92. The van der Waals surface area contributed by atoms with Crippen LogP contribution in [0.5, 0.6) is 0 Å². The summed E-state index contributed by atoms with van der Waals surface area (Å²) in [6, 6.07) is 8.90. The summed E-state index contributed by atoms with van der Waals surface area (Å²) >= 11 is 0. The molecule has 0 amide bonds. The van der Waals surface area contributed by atoms with Crippen molar-refractivity contribution in [3.05, 3.63) is 41.0 Å². The molecule has 82 valence electrons. The van der Waals surface area contributed by atoms with E-state index >= 15 is 0 Å². The standard InChI is InChI=1S/C15H18N/c1-11-7-8-14-15(11)13-6-4-3-5-12(13)9-10-16(14)2/h3-6H,7-10H2,1-2H3/q+1. The first kappa shape index (κ1) is 9.83. The fourth-order valence-corrected chi connectivity index (χ4v) is 2.97. The summed E-state index contributed by atoms with van der Waals surface area (Å²) in [5, 5.41) is 0. The highest BCUT2D eigenvalue weighted by molar-refractivity contribution is 6.24. The van der Waals surface area contributed by atoms with Crippen LogP contribution in [-0.2, 0) is 6.42 Å². The number of hydrogen-bond donors (Lipinski definition) is 0. The number of nitrogens with zero attached hydrogens (tertiary/aromatic N) is 1. The monoisotopic (exact) mass is 212 g/mol. The van der Waals surface area contributed by atoms with Crippen LogP contribution in [0.4, 0.5) is 0 Å². The Bertz CT molecular complexity index is 506. The first-order valence-corrected chi connectivity index (χ1v) is 6.13. The van der Waals surface area contributed by atoms with Crippen LogP contribution in [0.3, 0.4) is 0 Å². The van der Waals surface area contributed by atoms with Gasteiger partial charge in [-0.15, -0.1) is 0 Å². The Morgan fingerprint density at radius 2 is 1.88 bits per heavy atom. The smallest absolute Gasteiger partial charge is 0.183 e. The molecule has 0 atom stereocenters. The zero-order valence-electron chi connectivity index (χ0n) is 10.1. The SMILES string of the molecule is CC1=C2C(=[N+](C)CCc3ccccc32)CC1. The summed E-state index contributed by atoms with van der Waals surface area (Å²) < 4.78 is 2.45. The largest absolute Gasteiger partial charge is 0.235 e. The molecule has 1 aliphatic carbocycles. The van der Waals surface area contributed by atoms with Gasteiger partial charge in [0.2, 0.25) is 0 Å². The Hall–Kier alpha value is -1.37. The van der Waals surface area contributed by atoms with Crippen molar-refractivity contribution in [1.29, 1.82) is 0 Å². The average Bonchev–Trinajstić information content (AvgIpc) is 2.61. The van der Waals surface area contributed by atoms with Gasteiger partial charge in [0.25, 0.3) is 0 Å². The molecule has 1 heteroatoms. The van der Waals surface area contributed by atoms with Crippen molar-refractivity contribution < 1.29 is 4.58 Å². The second-order valence-electron chi connectivity index (χ2n) is 4.93. The van der Waals surface area contributed by atoms with Crippen molar-refractivity contribution in [1.82, 2.24) is 0 Å². The van der Waals surface area contributed by atoms with Crippen molar-refractivity contribution in [3.8, 4) is 0 Å². The second-order valence-corrected chi connectivity index (χ2v) is 4.93. The van der Waals surface area contributed by atoms with Crippen LogP contribution in [0.25, 0.3) is 5.57 Å². The normalized spacial score (nSPS) is 19.6. The van der Waals surface area contributed by atoms with Crippen LogP contribution in [-0.4, -0.2) is 23.9 Å². The molecule has 0 spiro atoms. The molecule has 3 rings (SSSR count). The number of rotatable bonds is 0. The van der Waals surface area contributed by atoms with Gasteiger partial charge in [-0.05, 0) is 24.5 Å². The van der Waals surface area contributed by atoms with E-state index in [-0.39, 0.29) is 0 Å². The lowest BCUT2D eigenvalue weighted by Gasteiger charge is -2.06. The Morgan fingerprint density at radius 1 is 1.06 bits per heavy atom. The van der Waals surface area contributed by atoms with Crippen molar-refractivity contribution in [2.24, 2.45) is 0 Å². The van der Waals surface area contributed by atoms with Crippen molar-refractivity contribution >= 4 is 11.3 Å². The van der Waals surface area contributed by atoms with Gasteiger partial charge in [0.15, 0.2) is 5.71 Å². The summed E-state index contributed by atoms with van der Waals surface area (Å²) in [6.45, 7) is 3.45. The summed E-state index contributed by atoms with van der Waals surface area (Å²) in [5.41, 5.74) is 7.66. The van der Waals surface area contributed by atoms with Crippen LogP contribution in [0, 0.1) is 0 Å². The third-order valence-corrected chi connectivity index (χ3v) is 3.92. The van der Waals surface area contributed by atoms with Gasteiger partial charge in [-0.1, -0.05) is 29.8 Å². The first-order chi connectivity index (χ1) is 7.77. The quantitative estimate of drug-likeness (QED) is 0.582. The molecular weight excluding hydrogens is 194 g/mol. The molecule has 0 N–H and O–H groups in total. The molecule has 0 unspecified atom stereocenters. The van der Waals surface area contributed by atoms with Gasteiger partial charge < -0.3 is 0 Å². The molecule has 1 aliphatic heterocycles. The van der Waals surface area contributed by atoms with E-state index in [1.807, 2.05) is 0 Å². The lowest BCUT2D eigenvalue weighted by Crippen LogP contribution is -2.16. The van der Waals surface area contributed by atoms with Gasteiger partial charge in [0.1, 0.15) is 13.6 Å². The van der Waals surface area contributed by atoms with Crippen LogP contribution >= 0.6 is 0 Å². The van der Waals surface area contributed by atoms with Crippen LogP contribution in [0.1, 0.15) is 30.9 Å². The highest BCUT2D eigenvalue weighted by Crippen LogP contribution is 2.34. The minimum atomic E-state index is 1.16.